The van der Waals surface area contributed by atoms with Crippen LogP contribution in [0.15, 0.2) is 36.4 Å². The van der Waals surface area contributed by atoms with E-state index in [4.69, 9.17) is 25.2 Å². The van der Waals surface area contributed by atoms with Crippen molar-refractivity contribution < 1.29 is 53.8 Å². The van der Waals surface area contributed by atoms with Crippen molar-refractivity contribution in [3.05, 3.63) is 47.5 Å². The Labute approximate surface area is 178 Å². The van der Waals surface area contributed by atoms with E-state index in [1.807, 2.05) is 0 Å². The Morgan fingerprint density at radius 3 is 1.35 bits per heavy atom. The summed E-state index contributed by atoms with van der Waals surface area (Å²) >= 11 is 0. The Morgan fingerprint density at radius 2 is 1.06 bits per heavy atom. The summed E-state index contributed by atoms with van der Waals surface area (Å²) in [6.45, 7) is 1.30. The van der Waals surface area contributed by atoms with Gasteiger partial charge in [-0.25, -0.2) is 19.2 Å². The van der Waals surface area contributed by atoms with Crippen LogP contribution in [0.3, 0.4) is 0 Å². The molecule has 31 heavy (non-hydrogen) atoms. The number of benzene rings is 1. The zero-order valence-corrected chi connectivity index (χ0v) is 16.8. The number of esters is 4. The minimum atomic E-state index is -0.579. The van der Waals surface area contributed by atoms with Gasteiger partial charge in [0.25, 0.3) is 0 Å². The summed E-state index contributed by atoms with van der Waals surface area (Å²) in [7, 11) is 0. The molecule has 4 N–H and O–H groups in total. The molecule has 0 spiro atoms. The van der Waals surface area contributed by atoms with Gasteiger partial charge < -0.3 is 34.6 Å². The van der Waals surface area contributed by atoms with Crippen molar-refractivity contribution >= 4 is 23.9 Å². The first-order chi connectivity index (χ1) is 14.9. The topological polar surface area (TPSA) is 177 Å². The van der Waals surface area contributed by atoms with Gasteiger partial charge in [-0.3, -0.25) is 0 Å². The van der Waals surface area contributed by atoms with Crippen LogP contribution in [0.5, 0.6) is 0 Å². The molecule has 0 aromatic heterocycles. The van der Waals surface area contributed by atoms with Crippen molar-refractivity contribution in [2.75, 3.05) is 39.6 Å². The molecule has 1 aromatic rings. The first kappa shape index (κ1) is 28.0. The highest BCUT2D eigenvalue weighted by molar-refractivity contribution is 6.14. The van der Waals surface area contributed by atoms with E-state index < -0.39 is 23.9 Å². The van der Waals surface area contributed by atoms with Crippen LogP contribution >= 0.6 is 0 Å². The van der Waals surface area contributed by atoms with Crippen LogP contribution < -0.4 is 0 Å². The molecular formula is C20H26O11. The number of hydrogen-bond donors (Lipinski definition) is 4. The molecule has 3 rings (SSSR count). The number of carbonyl (C=O) groups is 4. The summed E-state index contributed by atoms with van der Waals surface area (Å²) in [4.78, 5) is 41.5. The van der Waals surface area contributed by atoms with Crippen LogP contribution in [0.4, 0.5) is 0 Å². The zero-order chi connectivity index (χ0) is 23.5. The van der Waals surface area contributed by atoms with Crippen molar-refractivity contribution in [1.82, 2.24) is 0 Å². The van der Waals surface area contributed by atoms with Crippen LogP contribution in [0.25, 0.3) is 0 Å². The molecule has 2 heterocycles. The van der Waals surface area contributed by atoms with Gasteiger partial charge in [0.05, 0.1) is 24.3 Å². The normalized spacial score (nSPS) is 13.0. The lowest BCUT2D eigenvalue weighted by Gasteiger charge is -1.99. The summed E-state index contributed by atoms with van der Waals surface area (Å²) < 4.78 is 13.3. The number of cyclic esters (lactones) is 4. The van der Waals surface area contributed by atoms with Crippen LogP contribution in [0, 0.1) is 0 Å². The predicted molar refractivity (Wildman–Crippen MR) is 105 cm³/mol. The molecule has 172 valence electrons. The molecular weight excluding hydrogens is 416 g/mol. The lowest BCUT2D eigenvalue weighted by atomic mass is 10.1. The second-order valence-electron chi connectivity index (χ2n) is 5.51. The van der Waals surface area contributed by atoms with Gasteiger partial charge in [-0.05, 0) is 25.0 Å². The maximum absolute atomic E-state index is 10.8. The minimum Gasteiger partial charge on any atom is -0.396 e. The van der Waals surface area contributed by atoms with Gasteiger partial charge in [-0.15, -0.1) is 0 Å². The molecule has 0 saturated heterocycles. The zero-order valence-electron chi connectivity index (χ0n) is 16.8. The van der Waals surface area contributed by atoms with Gasteiger partial charge >= 0.3 is 23.9 Å². The van der Waals surface area contributed by atoms with Crippen molar-refractivity contribution in [3.8, 4) is 0 Å². The molecule has 0 unspecified atom stereocenters. The molecule has 0 saturated carbocycles. The van der Waals surface area contributed by atoms with Crippen molar-refractivity contribution in [1.29, 1.82) is 0 Å². The first-order valence-electron chi connectivity index (χ1n) is 9.21. The third-order valence-corrected chi connectivity index (χ3v) is 3.10. The highest BCUT2D eigenvalue weighted by Gasteiger charge is 2.28. The smallest absolute Gasteiger partial charge is 0.346 e. The van der Waals surface area contributed by atoms with Gasteiger partial charge in [0, 0.05) is 38.6 Å². The van der Waals surface area contributed by atoms with E-state index in [1.54, 1.807) is 24.3 Å². The standard InChI is InChI=1S/C8H4O3.C6H14O3.C4H2O3.C2H6O2/c9-7-5-3-1-2-4-6(5)8(10)11-7;7-3-1-5-9-6-2-4-8;5-3-1-2-4(6)7-3;3-1-2-4/h1-4H;7-8H,1-6H2;1-2H;3-4H,1-2H2. The number of carbonyl (C=O) groups excluding carboxylic acids is 4. The van der Waals surface area contributed by atoms with E-state index in [1.165, 1.54) is 0 Å². The lowest BCUT2D eigenvalue weighted by Crippen LogP contribution is -2.00. The quantitative estimate of drug-likeness (QED) is 0.240. The number of hydrogen-bond acceptors (Lipinski definition) is 11. The highest BCUT2D eigenvalue weighted by Crippen LogP contribution is 2.18. The number of fused-ring (bicyclic) bond motifs is 1. The predicted octanol–water partition coefficient (Wildman–Crippen LogP) is -0.638. The molecule has 0 aliphatic carbocycles. The number of ether oxygens (including phenoxy) is 3. The van der Waals surface area contributed by atoms with Crippen molar-refractivity contribution in [2.45, 2.75) is 12.8 Å². The van der Waals surface area contributed by atoms with Gasteiger partial charge in [0.2, 0.25) is 0 Å². The second kappa shape index (κ2) is 17.9. The Bertz CT molecular complexity index is 671. The Balaban J connectivity index is 0.000000410. The summed E-state index contributed by atoms with van der Waals surface area (Å²) in [6, 6.07) is 6.53. The second-order valence-corrected chi connectivity index (χ2v) is 5.51. The Kier molecular flexibility index (Phi) is 16.2. The van der Waals surface area contributed by atoms with Crippen LogP contribution in [0.2, 0.25) is 0 Å². The summed E-state index contributed by atoms with van der Waals surface area (Å²) in [5.74, 6) is -2.26. The largest absolute Gasteiger partial charge is 0.396 e. The van der Waals surface area contributed by atoms with Gasteiger partial charge in [0.15, 0.2) is 0 Å². The van der Waals surface area contributed by atoms with Gasteiger partial charge in [-0.2, -0.15) is 0 Å². The summed E-state index contributed by atoms with van der Waals surface area (Å²) in [5, 5.41) is 31.8. The van der Waals surface area contributed by atoms with Gasteiger partial charge in [-0.1, -0.05) is 12.1 Å². The molecule has 11 nitrogen and oxygen atoms in total. The Morgan fingerprint density at radius 1 is 0.645 bits per heavy atom. The number of aliphatic hydroxyl groups excluding tert-OH is 4. The monoisotopic (exact) mass is 442 g/mol. The molecule has 2 aliphatic heterocycles. The van der Waals surface area contributed by atoms with Crippen molar-refractivity contribution in [3.63, 3.8) is 0 Å². The maximum atomic E-state index is 10.8. The fourth-order valence-corrected chi connectivity index (χ4v) is 1.77. The van der Waals surface area contributed by atoms with Gasteiger partial charge in [0.1, 0.15) is 0 Å². The minimum absolute atomic E-state index is 0.125. The molecule has 0 atom stereocenters. The fourth-order valence-electron chi connectivity index (χ4n) is 1.77. The average molecular weight is 442 g/mol. The van der Waals surface area contributed by atoms with E-state index in [9.17, 15) is 19.2 Å². The number of rotatable bonds is 7. The number of aliphatic hydroxyl groups is 4. The molecule has 0 amide bonds. The first-order valence-corrected chi connectivity index (χ1v) is 9.21. The average Bonchev–Trinajstić information content (AvgIpc) is 3.30. The molecule has 1 aromatic carbocycles. The van der Waals surface area contributed by atoms with E-state index in [0.29, 0.717) is 37.2 Å². The third kappa shape index (κ3) is 13.1. The molecule has 11 heteroatoms. The van der Waals surface area contributed by atoms with Crippen molar-refractivity contribution in [2.24, 2.45) is 0 Å². The summed E-state index contributed by atoms with van der Waals surface area (Å²) in [6.07, 6.45) is 3.54. The highest BCUT2D eigenvalue weighted by atomic mass is 16.6. The van der Waals surface area contributed by atoms with Crippen LogP contribution in [-0.4, -0.2) is 83.9 Å². The van der Waals surface area contributed by atoms with E-state index in [0.717, 1.165) is 12.2 Å². The fraction of sp³-hybridized carbons (Fsp3) is 0.400. The van der Waals surface area contributed by atoms with Crippen LogP contribution in [-0.2, 0) is 23.8 Å². The van der Waals surface area contributed by atoms with E-state index in [-0.39, 0.29) is 26.4 Å². The molecule has 0 bridgehead atoms. The van der Waals surface area contributed by atoms with E-state index >= 15 is 0 Å². The molecule has 0 fully saturated rings. The SMILES string of the molecule is O=C1C=CC(=O)O1.O=C1OC(=O)c2ccccc21.OCCCOCCCO.OCCO. The molecule has 2 aliphatic rings. The lowest BCUT2D eigenvalue weighted by molar-refractivity contribution is -0.150. The molecule has 0 radical (unpaired) electrons. The maximum Gasteiger partial charge on any atom is 0.346 e. The summed E-state index contributed by atoms with van der Waals surface area (Å²) in [5.41, 5.74) is 0.718. The Hall–Kier alpha value is -2.96. The third-order valence-electron chi connectivity index (χ3n) is 3.10. The van der Waals surface area contributed by atoms with E-state index in [2.05, 4.69) is 9.47 Å². The van der Waals surface area contributed by atoms with Crippen LogP contribution in [0.1, 0.15) is 33.6 Å².